The summed E-state index contributed by atoms with van der Waals surface area (Å²) in [6.07, 6.45) is 1.44. The number of rotatable bonds is 3. The van der Waals surface area contributed by atoms with Crippen LogP contribution in [0.3, 0.4) is 0 Å². The SMILES string of the molecule is CN(c1ccccc1)c1ccnc(C(=O)O)n1. The molecule has 1 N–H and O–H groups in total. The number of carbonyl (C=O) groups is 1. The van der Waals surface area contributed by atoms with Crippen molar-refractivity contribution in [2.75, 3.05) is 11.9 Å². The third-order valence-electron chi connectivity index (χ3n) is 2.32. The van der Waals surface area contributed by atoms with Crippen molar-refractivity contribution in [2.45, 2.75) is 0 Å². The molecule has 5 heteroatoms. The van der Waals surface area contributed by atoms with Crippen LogP contribution >= 0.6 is 0 Å². The van der Waals surface area contributed by atoms with Gasteiger partial charge in [-0.1, -0.05) is 18.2 Å². The van der Waals surface area contributed by atoms with Gasteiger partial charge in [-0.3, -0.25) is 0 Å². The molecule has 0 saturated carbocycles. The molecule has 0 radical (unpaired) electrons. The van der Waals surface area contributed by atoms with Crippen molar-refractivity contribution in [1.82, 2.24) is 9.97 Å². The average molecular weight is 229 g/mol. The Morgan fingerprint density at radius 1 is 1.24 bits per heavy atom. The maximum atomic E-state index is 10.8. The largest absolute Gasteiger partial charge is 0.475 e. The molecule has 0 saturated heterocycles. The number of anilines is 2. The van der Waals surface area contributed by atoms with E-state index in [4.69, 9.17) is 5.11 Å². The zero-order valence-electron chi connectivity index (χ0n) is 9.24. The molecule has 1 aromatic carbocycles. The summed E-state index contributed by atoms with van der Waals surface area (Å²) in [6, 6.07) is 11.2. The standard InChI is InChI=1S/C12H11N3O2/c1-15(9-5-3-2-4-6-9)10-7-8-13-11(14-10)12(16)17/h2-8H,1H3,(H,16,17). The van der Waals surface area contributed by atoms with Crippen LogP contribution in [0.25, 0.3) is 0 Å². The number of para-hydroxylation sites is 1. The molecule has 0 amide bonds. The fourth-order valence-electron chi connectivity index (χ4n) is 1.42. The molecule has 0 aliphatic rings. The van der Waals surface area contributed by atoms with Crippen LogP contribution in [0.5, 0.6) is 0 Å². The van der Waals surface area contributed by atoms with Gasteiger partial charge in [0, 0.05) is 18.9 Å². The molecule has 17 heavy (non-hydrogen) atoms. The van der Waals surface area contributed by atoms with E-state index in [0.29, 0.717) is 5.82 Å². The number of aromatic carboxylic acids is 1. The van der Waals surface area contributed by atoms with Gasteiger partial charge in [0.1, 0.15) is 5.82 Å². The first-order valence-corrected chi connectivity index (χ1v) is 5.03. The first kappa shape index (κ1) is 11.1. The van der Waals surface area contributed by atoms with Crippen molar-refractivity contribution in [2.24, 2.45) is 0 Å². The van der Waals surface area contributed by atoms with Crippen LogP contribution in [0.4, 0.5) is 11.5 Å². The van der Waals surface area contributed by atoms with Crippen LogP contribution in [0.1, 0.15) is 10.6 Å². The minimum Gasteiger partial charge on any atom is -0.475 e. The Balaban J connectivity index is 2.34. The summed E-state index contributed by atoms with van der Waals surface area (Å²) >= 11 is 0. The normalized spacial score (nSPS) is 9.94. The molecule has 1 aromatic heterocycles. The van der Waals surface area contributed by atoms with Crippen molar-refractivity contribution in [3.63, 3.8) is 0 Å². The van der Waals surface area contributed by atoms with Crippen LogP contribution in [0.2, 0.25) is 0 Å². The van der Waals surface area contributed by atoms with Gasteiger partial charge in [0.2, 0.25) is 5.82 Å². The number of aromatic nitrogens is 2. The lowest BCUT2D eigenvalue weighted by Gasteiger charge is -2.17. The topological polar surface area (TPSA) is 66.3 Å². The number of carboxylic acid groups (broad SMARTS) is 1. The third kappa shape index (κ3) is 2.39. The monoisotopic (exact) mass is 229 g/mol. The van der Waals surface area contributed by atoms with Gasteiger partial charge in [0.05, 0.1) is 0 Å². The van der Waals surface area contributed by atoms with E-state index in [1.165, 1.54) is 6.20 Å². The van der Waals surface area contributed by atoms with Gasteiger partial charge in [0.25, 0.3) is 0 Å². The second-order valence-corrected chi connectivity index (χ2v) is 3.44. The summed E-state index contributed by atoms with van der Waals surface area (Å²) in [6.45, 7) is 0. The van der Waals surface area contributed by atoms with E-state index in [9.17, 15) is 4.79 Å². The minimum atomic E-state index is -1.13. The van der Waals surface area contributed by atoms with E-state index < -0.39 is 5.97 Å². The highest BCUT2D eigenvalue weighted by Gasteiger charge is 2.10. The predicted molar refractivity (Wildman–Crippen MR) is 63.5 cm³/mol. The molecule has 2 aromatic rings. The highest BCUT2D eigenvalue weighted by molar-refractivity contribution is 5.83. The van der Waals surface area contributed by atoms with Crippen LogP contribution < -0.4 is 4.90 Å². The lowest BCUT2D eigenvalue weighted by Crippen LogP contribution is -2.14. The molecule has 0 aliphatic heterocycles. The Hall–Kier alpha value is -2.43. The van der Waals surface area contributed by atoms with Crippen LogP contribution in [0, 0.1) is 0 Å². The van der Waals surface area contributed by atoms with Gasteiger partial charge in [0.15, 0.2) is 0 Å². The molecule has 0 aliphatic carbocycles. The summed E-state index contributed by atoms with van der Waals surface area (Å²) in [5, 5.41) is 8.82. The number of benzene rings is 1. The van der Waals surface area contributed by atoms with Crippen molar-refractivity contribution >= 4 is 17.5 Å². The van der Waals surface area contributed by atoms with Gasteiger partial charge >= 0.3 is 5.97 Å². The zero-order chi connectivity index (χ0) is 12.3. The molecule has 1 heterocycles. The van der Waals surface area contributed by atoms with E-state index in [0.717, 1.165) is 5.69 Å². The number of hydrogen-bond acceptors (Lipinski definition) is 4. The summed E-state index contributed by atoms with van der Waals surface area (Å²) in [5.74, 6) is -0.790. The van der Waals surface area contributed by atoms with Crippen LogP contribution in [0.15, 0.2) is 42.6 Å². The molecular formula is C12H11N3O2. The highest BCUT2D eigenvalue weighted by Crippen LogP contribution is 2.20. The molecular weight excluding hydrogens is 218 g/mol. The molecule has 5 nitrogen and oxygen atoms in total. The smallest absolute Gasteiger partial charge is 0.374 e. The quantitative estimate of drug-likeness (QED) is 0.871. The minimum absolute atomic E-state index is 0.203. The first-order valence-electron chi connectivity index (χ1n) is 5.03. The first-order chi connectivity index (χ1) is 8.18. The second-order valence-electron chi connectivity index (χ2n) is 3.44. The Bertz CT molecular complexity index is 528. The Labute approximate surface area is 98.4 Å². The van der Waals surface area contributed by atoms with Crippen LogP contribution in [-0.2, 0) is 0 Å². The average Bonchev–Trinajstić information content (AvgIpc) is 2.39. The van der Waals surface area contributed by atoms with Crippen molar-refractivity contribution in [1.29, 1.82) is 0 Å². The van der Waals surface area contributed by atoms with Crippen molar-refractivity contribution in [3.8, 4) is 0 Å². The fraction of sp³-hybridized carbons (Fsp3) is 0.0833. The van der Waals surface area contributed by atoms with E-state index >= 15 is 0 Å². The van der Waals surface area contributed by atoms with E-state index in [2.05, 4.69) is 9.97 Å². The lowest BCUT2D eigenvalue weighted by atomic mass is 10.3. The van der Waals surface area contributed by atoms with Gasteiger partial charge in [-0.15, -0.1) is 0 Å². The van der Waals surface area contributed by atoms with E-state index in [1.807, 2.05) is 37.4 Å². The van der Waals surface area contributed by atoms with Crippen LogP contribution in [-0.4, -0.2) is 28.1 Å². The third-order valence-corrected chi connectivity index (χ3v) is 2.32. The number of carboxylic acids is 1. The molecule has 86 valence electrons. The molecule has 0 fully saturated rings. The molecule has 0 unspecified atom stereocenters. The lowest BCUT2D eigenvalue weighted by molar-refractivity contribution is 0.0683. The molecule has 0 spiro atoms. The van der Waals surface area contributed by atoms with Gasteiger partial charge in [-0.2, -0.15) is 0 Å². The summed E-state index contributed by atoms with van der Waals surface area (Å²) in [7, 11) is 1.82. The Kier molecular flexibility index (Phi) is 3.00. The van der Waals surface area contributed by atoms with Crippen molar-refractivity contribution < 1.29 is 9.90 Å². The molecule has 2 rings (SSSR count). The fourth-order valence-corrected chi connectivity index (χ4v) is 1.42. The van der Waals surface area contributed by atoms with Crippen molar-refractivity contribution in [3.05, 3.63) is 48.4 Å². The summed E-state index contributed by atoms with van der Waals surface area (Å²) in [4.78, 5) is 20.2. The van der Waals surface area contributed by atoms with E-state index in [1.54, 1.807) is 11.0 Å². The number of nitrogens with zero attached hydrogens (tertiary/aromatic N) is 3. The maximum Gasteiger partial charge on any atom is 0.374 e. The van der Waals surface area contributed by atoms with E-state index in [-0.39, 0.29) is 5.82 Å². The highest BCUT2D eigenvalue weighted by atomic mass is 16.4. The summed E-state index contributed by atoms with van der Waals surface area (Å²) < 4.78 is 0. The molecule has 0 bridgehead atoms. The zero-order valence-corrected chi connectivity index (χ0v) is 9.24. The predicted octanol–water partition coefficient (Wildman–Crippen LogP) is 1.94. The second kappa shape index (κ2) is 4.61. The number of hydrogen-bond donors (Lipinski definition) is 1. The maximum absolute atomic E-state index is 10.8. The Morgan fingerprint density at radius 3 is 2.59 bits per heavy atom. The van der Waals surface area contributed by atoms with Gasteiger partial charge in [-0.05, 0) is 18.2 Å². The van der Waals surface area contributed by atoms with Gasteiger partial charge in [-0.25, -0.2) is 14.8 Å². The van der Waals surface area contributed by atoms with Gasteiger partial charge < -0.3 is 10.0 Å². The summed E-state index contributed by atoms with van der Waals surface area (Å²) in [5.41, 5.74) is 0.933. The molecule has 0 atom stereocenters. The Morgan fingerprint density at radius 2 is 1.94 bits per heavy atom.